The fraction of sp³-hybridized carbons (Fsp3) is 0.778. The highest BCUT2D eigenvalue weighted by Gasteiger charge is 2.15. The van der Waals surface area contributed by atoms with Gasteiger partial charge in [0.1, 0.15) is 6.10 Å². The summed E-state index contributed by atoms with van der Waals surface area (Å²) in [5.41, 5.74) is 0. The first-order chi connectivity index (χ1) is 6.06. The van der Waals surface area contributed by atoms with Gasteiger partial charge in [-0.05, 0) is 6.42 Å². The molecule has 0 fully saturated rings. The summed E-state index contributed by atoms with van der Waals surface area (Å²) in [7, 11) is 0. The van der Waals surface area contributed by atoms with Crippen LogP contribution < -0.4 is 0 Å². The maximum atomic E-state index is 10.6. The Morgan fingerprint density at radius 3 is 2.46 bits per heavy atom. The van der Waals surface area contributed by atoms with E-state index in [1.807, 2.05) is 6.92 Å². The number of carbonyl (C=O) groups excluding carboxylic acids is 1. The van der Waals surface area contributed by atoms with Gasteiger partial charge in [0.25, 0.3) is 0 Å². The smallest absolute Gasteiger partial charge is 0.307 e. The summed E-state index contributed by atoms with van der Waals surface area (Å²) in [6.45, 7) is 3.30. The molecule has 0 amide bonds. The van der Waals surface area contributed by atoms with Crippen molar-refractivity contribution in [1.82, 2.24) is 0 Å². The van der Waals surface area contributed by atoms with Crippen molar-refractivity contribution in [2.45, 2.75) is 45.6 Å². The molecule has 0 aliphatic rings. The van der Waals surface area contributed by atoms with Gasteiger partial charge in [0.2, 0.25) is 0 Å². The van der Waals surface area contributed by atoms with E-state index in [0.717, 1.165) is 12.8 Å². The minimum atomic E-state index is -0.928. The fourth-order valence-corrected chi connectivity index (χ4v) is 1.06. The van der Waals surface area contributed by atoms with Gasteiger partial charge in [-0.2, -0.15) is 0 Å². The quantitative estimate of drug-likeness (QED) is 0.643. The predicted octanol–water partition coefficient (Wildman–Crippen LogP) is 1.58. The fourth-order valence-electron chi connectivity index (χ4n) is 1.06. The number of unbranched alkanes of at least 4 members (excludes halogenated alkanes) is 1. The molecule has 0 spiro atoms. The monoisotopic (exact) mass is 188 g/mol. The Bertz CT molecular complexity index is 160. The molecule has 0 aliphatic heterocycles. The number of rotatable bonds is 6. The standard InChI is InChI=1S/C9H16O4/c1-3-4-5-8(6-9(11)12)13-7(2)10/h8H,3-6H2,1-2H3,(H,11,12). The summed E-state index contributed by atoms with van der Waals surface area (Å²) in [5.74, 6) is -1.34. The van der Waals surface area contributed by atoms with Gasteiger partial charge >= 0.3 is 11.9 Å². The third-order valence-corrected chi connectivity index (χ3v) is 1.61. The zero-order valence-electron chi connectivity index (χ0n) is 8.08. The topological polar surface area (TPSA) is 63.6 Å². The number of hydrogen-bond donors (Lipinski definition) is 1. The van der Waals surface area contributed by atoms with E-state index >= 15 is 0 Å². The predicted molar refractivity (Wildman–Crippen MR) is 47.3 cm³/mol. The first-order valence-corrected chi connectivity index (χ1v) is 4.45. The van der Waals surface area contributed by atoms with E-state index in [2.05, 4.69) is 0 Å². The molecule has 0 rings (SSSR count). The highest BCUT2D eigenvalue weighted by molar-refractivity contribution is 5.69. The van der Waals surface area contributed by atoms with Crippen LogP contribution >= 0.6 is 0 Å². The zero-order valence-corrected chi connectivity index (χ0v) is 8.08. The lowest BCUT2D eigenvalue weighted by Gasteiger charge is -2.13. The molecule has 0 aromatic heterocycles. The minimum absolute atomic E-state index is 0.0976. The number of hydrogen-bond acceptors (Lipinski definition) is 3. The summed E-state index contributed by atoms with van der Waals surface area (Å²) in [6, 6.07) is 0. The van der Waals surface area contributed by atoms with Gasteiger partial charge in [0.05, 0.1) is 6.42 Å². The van der Waals surface area contributed by atoms with Crippen LogP contribution in [-0.4, -0.2) is 23.1 Å². The van der Waals surface area contributed by atoms with Crippen LogP contribution in [-0.2, 0) is 14.3 Å². The van der Waals surface area contributed by atoms with Crippen LogP contribution in [0.4, 0.5) is 0 Å². The van der Waals surface area contributed by atoms with Crippen molar-refractivity contribution in [3.8, 4) is 0 Å². The molecule has 4 nitrogen and oxygen atoms in total. The van der Waals surface area contributed by atoms with E-state index < -0.39 is 18.0 Å². The van der Waals surface area contributed by atoms with Crippen LogP contribution in [0, 0.1) is 0 Å². The number of aliphatic carboxylic acids is 1. The highest BCUT2D eigenvalue weighted by atomic mass is 16.5. The summed E-state index contributed by atoms with van der Waals surface area (Å²) < 4.78 is 4.84. The van der Waals surface area contributed by atoms with Crippen LogP contribution in [0.3, 0.4) is 0 Å². The van der Waals surface area contributed by atoms with E-state index in [9.17, 15) is 9.59 Å². The maximum absolute atomic E-state index is 10.6. The van der Waals surface area contributed by atoms with E-state index in [4.69, 9.17) is 9.84 Å². The minimum Gasteiger partial charge on any atom is -0.481 e. The summed E-state index contributed by atoms with van der Waals surface area (Å²) in [6.07, 6.45) is 1.92. The Kier molecular flexibility index (Phi) is 5.93. The number of ether oxygens (including phenoxy) is 1. The molecular formula is C9H16O4. The third kappa shape index (κ3) is 7.31. The molecule has 0 saturated carbocycles. The van der Waals surface area contributed by atoms with Gasteiger partial charge in [0, 0.05) is 6.92 Å². The third-order valence-electron chi connectivity index (χ3n) is 1.61. The number of carboxylic acid groups (broad SMARTS) is 1. The van der Waals surface area contributed by atoms with Gasteiger partial charge in [-0.3, -0.25) is 9.59 Å². The van der Waals surface area contributed by atoms with Gasteiger partial charge in [-0.25, -0.2) is 0 Å². The zero-order chi connectivity index (χ0) is 10.3. The SMILES string of the molecule is CCCCC(CC(=O)O)OC(C)=O. The Labute approximate surface area is 77.9 Å². The first kappa shape index (κ1) is 11.9. The normalized spacial score (nSPS) is 12.2. The molecular weight excluding hydrogens is 172 g/mol. The Morgan fingerprint density at radius 1 is 1.46 bits per heavy atom. The van der Waals surface area contributed by atoms with Crippen LogP contribution in [0.15, 0.2) is 0 Å². The van der Waals surface area contributed by atoms with Crippen LogP contribution in [0.25, 0.3) is 0 Å². The highest BCUT2D eigenvalue weighted by Crippen LogP contribution is 2.09. The molecule has 0 radical (unpaired) electrons. The van der Waals surface area contributed by atoms with Gasteiger partial charge in [0.15, 0.2) is 0 Å². The first-order valence-electron chi connectivity index (χ1n) is 4.45. The Balaban J connectivity index is 3.87. The van der Waals surface area contributed by atoms with Crippen LogP contribution in [0.5, 0.6) is 0 Å². The summed E-state index contributed by atoms with van der Waals surface area (Å²) in [4.78, 5) is 20.9. The van der Waals surface area contributed by atoms with Gasteiger partial charge < -0.3 is 9.84 Å². The molecule has 76 valence electrons. The average Bonchev–Trinajstić information content (AvgIpc) is 1.98. The van der Waals surface area contributed by atoms with Crippen LogP contribution in [0.1, 0.15) is 39.5 Å². The van der Waals surface area contributed by atoms with E-state index in [0.29, 0.717) is 6.42 Å². The molecule has 0 aromatic carbocycles. The summed E-state index contributed by atoms with van der Waals surface area (Å²) in [5, 5.41) is 8.50. The molecule has 0 bridgehead atoms. The lowest BCUT2D eigenvalue weighted by molar-refractivity contribution is -0.151. The number of carboxylic acids is 1. The van der Waals surface area contributed by atoms with E-state index in [1.54, 1.807) is 0 Å². The molecule has 1 atom stereocenters. The molecule has 1 N–H and O–H groups in total. The van der Waals surface area contributed by atoms with Crippen LogP contribution in [0.2, 0.25) is 0 Å². The van der Waals surface area contributed by atoms with Gasteiger partial charge in [-0.15, -0.1) is 0 Å². The van der Waals surface area contributed by atoms with E-state index in [-0.39, 0.29) is 6.42 Å². The van der Waals surface area contributed by atoms with Crippen molar-refractivity contribution in [3.63, 3.8) is 0 Å². The molecule has 0 saturated heterocycles. The van der Waals surface area contributed by atoms with Crippen molar-refractivity contribution in [2.75, 3.05) is 0 Å². The molecule has 0 heterocycles. The molecule has 13 heavy (non-hydrogen) atoms. The number of carbonyl (C=O) groups is 2. The maximum Gasteiger partial charge on any atom is 0.307 e. The Morgan fingerprint density at radius 2 is 2.08 bits per heavy atom. The van der Waals surface area contributed by atoms with Gasteiger partial charge in [-0.1, -0.05) is 19.8 Å². The molecule has 0 aliphatic carbocycles. The molecule has 4 heteroatoms. The van der Waals surface area contributed by atoms with Crippen molar-refractivity contribution in [2.24, 2.45) is 0 Å². The van der Waals surface area contributed by atoms with Crippen molar-refractivity contribution in [1.29, 1.82) is 0 Å². The van der Waals surface area contributed by atoms with E-state index in [1.165, 1.54) is 6.92 Å². The molecule has 1 unspecified atom stereocenters. The van der Waals surface area contributed by atoms with Crippen molar-refractivity contribution >= 4 is 11.9 Å². The second-order valence-electron chi connectivity index (χ2n) is 2.97. The van der Waals surface area contributed by atoms with Crippen molar-refractivity contribution < 1.29 is 19.4 Å². The number of esters is 1. The lowest BCUT2D eigenvalue weighted by Crippen LogP contribution is -2.20. The van der Waals surface area contributed by atoms with Crippen molar-refractivity contribution in [3.05, 3.63) is 0 Å². The largest absolute Gasteiger partial charge is 0.481 e. The second-order valence-corrected chi connectivity index (χ2v) is 2.97. The lowest BCUT2D eigenvalue weighted by atomic mass is 10.1. The summed E-state index contributed by atoms with van der Waals surface area (Å²) >= 11 is 0. The molecule has 0 aromatic rings. The average molecular weight is 188 g/mol. The Hall–Kier alpha value is -1.06. The second kappa shape index (κ2) is 6.46.